The van der Waals surface area contributed by atoms with Crippen LogP contribution in [0.4, 0.5) is 5.69 Å². The minimum Gasteiger partial charge on any atom is -0.383 e. The van der Waals surface area contributed by atoms with Gasteiger partial charge >= 0.3 is 0 Å². The van der Waals surface area contributed by atoms with E-state index in [0.717, 1.165) is 44.6 Å². The van der Waals surface area contributed by atoms with E-state index in [4.69, 9.17) is 4.74 Å². The van der Waals surface area contributed by atoms with Crippen LogP contribution in [0.2, 0.25) is 0 Å². The number of likely N-dealkylation sites (tertiary alicyclic amines) is 2. The molecule has 0 aliphatic carbocycles. The third-order valence-corrected chi connectivity index (χ3v) is 5.47. The van der Waals surface area contributed by atoms with Gasteiger partial charge in [-0.3, -0.25) is 19.2 Å². The number of piperidine rings is 1. The van der Waals surface area contributed by atoms with Crippen LogP contribution in [0.15, 0.2) is 12.4 Å². The molecule has 2 fully saturated rings. The van der Waals surface area contributed by atoms with E-state index < -0.39 is 0 Å². The van der Waals surface area contributed by atoms with Crippen molar-refractivity contribution in [3.8, 4) is 0 Å². The summed E-state index contributed by atoms with van der Waals surface area (Å²) >= 11 is 0. The predicted molar refractivity (Wildman–Crippen MR) is 97.8 cm³/mol. The van der Waals surface area contributed by atoms with Crippen LogP contribution in [0.5, 0.6) is 0 Å². The lowest BCUT2D eigenvalue weighted by molar-refractivity contribution is -0.130. The van der Waals surface area contributed by atoms with Crippen molar-refractivity contribution in [1.29, 1.82) is 0 Å². The maximum Gasteiger partial charge on any atom is 0.221 e. The van der Waals surface area contributed by atoms with Gasteiger partial charge in [-0.25, -0.2) is 0 Å². The average molecular weight is 363 g/mol. The van der Waals surface area contributed by atoms with Gasteiger partial charge in [-0.15, -0.1) is 0 Å². The van der Waals surface area contributed by atoms with Gasteiger partial charge in [0.05, 0.1) is 24.5 Å². The zero-order valence-electron chi connectivity index (χ0n) is 15.9. The van der Waals surface area contributed by atoms with Gasteiger partial charge in [0.25, 0.3) is 0 Å². The fourth-order valence-electron chi connectivity index (χ4n) is 4.23. The lowest BCUT2D eigenvalue weighted by Crippen LogP contribution is -2.48. The van der Waals surface area contributed by atoms with E-state index in [-0.39, 0.29) is 17.9 Å². The van der Waals surface area contributed by atoms with Crippen molar-refractivity contribution in [2.75, 3.05) is 38.7 Å². The smallest absolute Gasteiger partial charge is 0.221 e. The number of amides is 2. The molecule has 2 saturated heterocycles. The number of hydrogen-bond acceptors (Lipinski definition) is 5. The standard InChI is InChI=1S/C18H29N5O3/c1-13(24)20-15-9-19-23(10-15)17-8-18(12-26-3)22(11-17)16-4-6-21(7-5-16)14(2)25/h9-10,16-18H,4-8,11-12H2,1-3H3,(H,20,24)/t17-,18-/m0/s1. The highest BCUT2D eigenvalue weighted by Gasteiger charge is 2.38. The van der Waals surface area contributed by atoms with Crippen LogP contribution in [0, 0.1) is 0 Å². The third-order valence-electron chi connectivity index (χ3n) is 5.47. The minimum atomic E-state index is -0.0907. The van der Waals surface area contributed by atoms with Crippen molar-refractivity contribution in [2.24, 2.45) is 0 Å². The van der Waals surface area contributed by atoms with Crippen LogP contribution in [0.1, 0.15) is 39.2 Å². The van der Waals surface area contributed by atoms with Gasteiger partial charge < -0.3 is 15.0 Å². The van der Waals surface area contributed by atoms with Gasteiger partial charge in [0, 0.05) is 58.9 Å². The number of carbonyl (C=O) groups is 2. The van der Waals surface area contributed by atoms with Gasteiger partial charge in [-0.2, -0.15) is 5.10 Å². The van der Waals surface area contributed by atoms with Crippen molar-refractivity contribution in [3.05, 3.63) is 12.4 Å². The van der Waals surface area contributed by atoms with E-state index in [2.05, 4.69) is 15.3 Å². The van der Waals surface area contributed by atoms with Crippen molar-refractivity contribution in [1.82, 2.24) is 19.6 Å². The molecule has 1 aromatic heterocycles. The molecule has 1 aromatic rings. The number of rotatable bonds is 5. The number of methoxy groups -OCH3 is 1. The highest BCUT2D eigenvalue weighted by atomic mass is 16.5. The van der Waals surface area contributed by atoms with Gasteiger partial charge in [0.1, 0.15) is 0 Å². The summed E-state index contributed by atoms with van der Waals surface area (Å²) in [7, 11) is 1.74. The van der Waals surface area contributed by atoms with Crippen molar-refractivity contribution < 1.29 is 14.3 Å². The Morgan fingerprint density at radius 1 is 1.27 bits per heavy atom. The Kier molecular flexibility index (Phi) is 5.93. The van der Waals surface area contributed by atoms with Gasteiger partial charge in [-0.05, 0) is 19.3 Å². The maximum absolute atomic E-state index is 11.6. The molecular formula is C18H29N5O3. The minimum absolute atomic E-state index is 0.0907. The first-order chi connectivity index (χ1) is 12.5. The summed E-state index contributed by atoms with van der Waals surface area (Å²) in [5.74, 6) is 0.0744. The Labute approximate surface area is 154 Å². The molecule has 26 heavy (non-hydrogen) atoms. The summed E-state index contributed by atoms with van der Waals surface area (Å²) in [5, 5.41) is 7.22. The lowest BCUT2D eigenvalue weighted by Gasteiger charge is -2.39. The average Bonchev–Trinajstić information content (AvgIpc) is 3.22. The van der Waals surface area contributed by atoms with Crippen LogP contribution in [0.25, 0.3) is 0 Å². The van der Waals surface area contributed by atoms with Crippen LogP contribution in [-0.2, 0) is 14.3 Å². The molecular weight excluding hydrogens is 334 g/mol. The fourth-order valence-corrected chi connectivity index (χ4v) is 4.23. The Morgan fingerprint density at radius 3 is 2.62 bits per heavy atom. The van der Waals surface area contributed by atoms with E-state index in [9.17, 15) is 9.59 Å². The number of nitrogens with zero attached hydrogens (tertiary/aromatic N) is 4. The first kappa shape index (κ1) is 18.8. The van der Waals surface area contributed by atoms with Crippen molar-refractivity contribution in [3.63, 3.8) is 0 Å². The molecule has 3 heterocycles. The zero-order valence-corrected chi connectivity index (χ0v) is 15.9. The Hall–Kier alpha value is -1.93. The summed E-state index contributed by atoms with van der Waals surface area (Å²) in [5.41, 5.74) is 0.731. The quantitative estimate of drug-likeness (QED) is 0.848. The van der Waals surface area contributed by atoms with Crippen LogP contribution >= 0.6 is 0 Å². The number of ether oxygens (including phenoxy) is 1. The van der Waals surface area contributed by atoms with Crippen LogP contribution < -0.4 is 5.32 Å². The summed E-state index contributed by atoms with van der Waals surface area (Å²) in [4.78, 5) is 27.2. The fraction of sp³-hybridized carbons (Fsp3) is 0.722. The molecule has 1 N–H and O–H groups in total. The van der Waals surface area contributed by atoms with Crippen molar-refractivity contribution in [2.45, 2.75) is 51.2 Å². The second-order valence-electron chi connectivity index (χ2n) is 7.32. The van der Waals surface area contributed by atoms with Crippen molar-refractivity contribution >= 4 is 17.5 Å². The largest absolute Gasteiger partial charge is 0.383 e. The van der Waals surface area contributed by atoms with Gasteiger partial charge in [0.15, 0.2) is 0 Å². The van der Waals surface area contributed by atoms with E-state index in [1.54, 1.807) is 20.2 Å². The molecule has 0 spiro atoms. The molecule has 0 radical (unpaired) electrons. The predicted octanol–water partition coefficient (Wildman–Crippen LogP) is 1.11. The Morgan fingerprint density at radius 2 is 2.00 bits per heavy atom. The monoisotopic (exact) mass is 363 g/mol. The molecule has 2 amide bonds. The molecule has 3 rings (SSSR count). The molecule has 144 valence electrons. The van der Waals surface area contributed by atoms with E-state index >= 15 is 0 Å². The zero-order chi connectivity index (χ0) is 18.7. The third kappa shape index (κ3) is 4.24. The first-order valence-electron chi connectivity index (χ1n) is 9.30. The lowest BCUT2D eigenvalue weighted by atomic mass is 10.0. The molecule has 8 heteroatoms. The number of nitrogens with one attached hydrogen (secondary N) is 1. The second kappa shape index (κ2) is 8.18. The molecule has 2 aliphatic rings. The summed E-state index contributed by atoms with van der Waals surface area (Å²) in [6.45, 7) is 6.41. The molecule has 0 bridgehead atoms. The molecule has 0 unspecified atom stereocenters. The normalized spacial score (nSPS) is 24.8. The van der Waals surface area contributed by atoms with E-state index in [1.165, 1.54) is 6.92 Å². The SMILES string of the molecule is COC[C@@H]1C[C@H](n2cc(NC(C)=O)cn2)CN1C1CCN(C(C)=O)CC1. The highest BCUT2D eigenvalue weighted by molar-refractivity contribution is 5.88. The van der Waals surface area contributed by atoms with E-state index in [0.29, 0.717) is 18.7 Å². The highest BCUT2D eigenvalue weighted by Crippen LogP contribution is 2.32. The molecule has 0 aromatic carbocycles. The first-order valence-corrected chi connectivity index (χ1v) is 9.30. The topological polar surface area (TPSA) is 79.7 Å². The van der Waals surface area contributed by atoms with Gasteiger partial charge in [-0.1, -0.05) is 0 Å². The van der Waals surface area contributed by atoms with Gasteiger partial charge in [0.2, 0.25) is 11.8 Å². The Balaban J connectivity index is 1.65. The van der Waals surface area contributed by atoms with Crippen LogP contribution in [-0.4, -0.2) is 76.8 Å². The van der Waals surface area contributed by atoms with Crippen LogP contribution in [0.3, 0.4) is 0 Å². The van der Waals surface area contributed by atoms with E-state index in [1.807, 2.05) is 15.8 Å². The number of carbonyl (C=O) groups excluding carboxylic acids is 2. The number of hydrogen-bond donors (Lipinski definition) is 1. The second-order valence-corrected chi connectivity index (χ2v) is 7.32. The summed E-state index contributed by atoms with van der Waals surface area (Å²) < 4.78 is 7.41. The molecule has 2 atom stereocenters. The maximum atomic E-state index is 11.6. The summed E-state index contributed by atoms with van der Waals surface area (Å²) in [6.07, 6.45) is 6.58. The number of anilines is 1. The summed E-state index contributed by atoms with van der Waals surface area (Å²) in [6, 6.07) is 1.09. The molecule has 8 nitrogen and oxygen atoms in total. The molecule has 0 saturated carbocycles. The number of aromatic nitrogens is 2. The molecule has 2 aliphatic heterocycles. The Bertz CT molecular complexity index is 639.